The Labute approximate surface area is 150 Å². The van der Waals surface area contributed by atoms with E-state index in [1.807, 2.05) is 44.2 Å². The van der Waals surface area contributed by atoms with Crippen molar-refractivity contribution in [2.75, 3.05) is 6.54 Å². The van der Waals surface area contributed by atoms with Crippen LogP contribution in [0.25, 0.3) is 10.2 Å². The lowest BCUT2D eigenvalue weighted by atomic mass is 10.0. The molecule has 1 atom stereocenters. The van der Waals surface area contributed by atoms with Gasteiger partial charge in [0.05, 0.1) is 11.7 Å². The van der Waals surface area contributed by atoms with Crippen LogP contribution in [0.2, 0.25) is 0 Å². The Balaban J connectivity index is 1.69. The van der Waals surface area contributed by atoms with E-state index in [0.29, 0.717) is 11.9 Å². The van der Waals surface area contributed by atoms with Crippen molar-refractivity contribution in [2.45, 2.75) is 33.2 Å². The molecular formula is C19H21N3O2S. The molecule has 0 bridgehead atoms. The minimum absolute atomic E-state index is 0.0163. The number of nitrogens with zero attached hydrogens (tertiary/aromatic N) is 2. The van der Waals surface area contributed by atoms with E-state index in [1.165, 1.54) is 27.8 Å². The number of aromatic nitrogens is 2. The third-order valence-electron chi connectivity index (χ3n) is 4.44. The van der Waals surface area contributed by atoms with Crippen LogP contribution in [0, 0.1) is 13.8 Å². The van der Waals surface area contributed by atoms with E-state index in [0.717, 1.165) is 15.3 Å². The highest BCUT2D eigenvalue weighted by atomic mass is 32.1. The second-order valence-corrected chi connectivity index (χ2v) is 7.46. The summed E-state index contributed by atoms with van der Waals surface area (Å²) in [6.07, 6.45) is 1.46. The summed E-state index contributed by atoms with van der Waals surface area (Å²) >= 11 is 1.51. The lowest BCUT2D eigenvalue weighted by Crippen LogP contribution is -2.34. The molecule has 0 radical (unpaired) electrons. The number of amides is 1. The Kier molecular flexibility index (Phi) is 4.99. The number of carbonyl (C=O) groups is 1. The van der Waals surface area contributed by atoms with Gasteiger partial charge in [0.2, 0.25) is 5.91 Å². The number of hydrogen-bond acceptors (Lipinski definition) is 4. The van der Waals surface area contributed by atoms with Crippen molar-refractivity contribution in [1.29, 1.82) is 0 Å². The van der Waals surface area contributed by atoms with Gasteiger partial charge in [-0.3, -0.25) is 14.2 Å². The van der Waals surface area contributed by atoms with Crippen molar-refractivity contribution in [3.05, 3.63) is 63.0 Å². The standard InChI is InChI=1S/C19H21N3O2S/c1-12(15-7-5-4-6-8-15)9-20-16(23)10-22-11-21-18-17(19(22)24)13(2)14(3)25-18/h4-8,11-12H,9-10H2,1-3H3,(H,20,23)/t12-/m0/s1. The molecule has 0 aliphatic carbocycles. The highest BCUT2D eigenvalue weighted by molar-refractivity contribution is 7.18. The van der Waals surface area contributed by atoms with E-state index in [-0.39, 0.29) is 23.9 Å². The first-order chi connectivity index (χ1) is 12.0. The van der Waals surface area contributed by atoms with Crippen molar-refractivity contribution in [3.8, 4) is 0 Å². The van der Waals surface area contributed by atoms with E-state index in [1.54, 1.807) is 0 Å². The van der Waals surface area contributed by atoms with Gasteiger partial charge in [-0.2, -0.15) is 0 Å². The van der Waals surface area contributed by atoms with Crippen molar-refractivity contribution in [3.63, 3.8) is 0 Å². The molecule has 5 nitrogen and oxygen atoms in total. The van der Waals surface area contributed by atoms with Crippen LogP contribution in [0.4, 0.5) is 0 Å². The number of carbonyl (C=O) groups excluding carboxylic acids is 1. The SMILES string of the molecule is Cc1sc2ncn(CC(=O)NC[C@H](C)c3ccccc3)c(=O)c2c1C. The summed E-state index contributed by atoms with van der Waals surface area (Å²) in [4.78, 5) is 31.0. The number of thiophene rings is 1. The first-order valence-corrected chi connectivity index (χ1v) is 9.05. The van der Waals surface area contributed by atoms with E-state index >= 15 is 0 Å². The molecule has 0 aliphatic rings. The van der Waals surface area contributed by atoms with Crippen LogP contribution in [0.5, 0.6) is 0 Å². The highest BCUT2D eigenvalue weighted by Crippen LogP contribution is 2.25. The first-order valence-electron chi connectivity index (χ1n) is 8.24. The molecule has 0 saturated heterocycles. The zero-order valence-corrected chi connectivity index (χ0v) is 15.4. The van der Waals surface area contributed by atoms with Crippen molar-refractivity contribution >= 4 is 27.5 Å². The molecule has 130 valence electrons. The maximum absolute atomic E-state index is 12.6. The Morgan fingerprint density at radius 3 is 2.72 bits per heavy atom. The summed E-state index contributed by atoms with van der Waals surface area (Å²) < 4.78 is 1.38. The molecular weight excluding hydrogens is 334 g/mol. The van der Waals surface area contributed by atoms with Crippen LogP contribution in [0.3, 0.4) is 0 Å². The minimum atomic E-state index is -0.185. The van der Waals surface area contributed by atoms with Gasteiger partial charge in [0.15, 0.2) is 0 Å². The summed E-state index contributed by atoms with van der Waals surface area (Å²) in [5.41, 5.74) is 1.97. The Bertz CT molecular complexity index is 960. The third kappa shape index (κ3) is 3.64. The van der Waals surface area contributed by atoms with Crippen molar-refractivity contribution in [2.24, 2.45) is 0 Å². The van der Waals surface area contributed by atoms with Gasteiger partial charge in [-0.1, -0.05) is 37.3 Å². The molecule has 0 aliphatic heterocycles. The van der Waals surface area contributed by atoms with Crippen LogP contribution in [-0.2, 0) is 11.3 Å². The number of aryl methyl sites for hydroxylation is 2. The normalized spacial score (nSPS) is 12.3. The molecule has 0 saturated carbocycles. The maximum Gasteiger partial charge on any atom is 0.262 e. The lowest BCUT2D eigenvalue weighted by molar-refractivity contribution is -0.121. The van der Waals surface area contributed by atoms with Gasteiger partial charge in [0.1, 0.15) is 11.4 Å². The Hall–Kier alpha value is -2.47. The minimum Gasteiger partial charge on any atom is -0.354 e. The molecule has 1 N–H and O–H groups in total. The molecule has 2 heterocycles. The number of rotatable bonds is 5. The van der Waals surface area contributed by atoms with Gasteiger partial charge in [-0.15, -0.1) is 11.3 Å². The zero-order valence-electron chi connectivity index (χ0n) is 14.6. The number of hydrogen-bond donors (Lipinski definition) is 1. The summed E-state index contributed by atoms with van der Waals surface area (Å²) in [5.74, 6) is 0.0277. The third-order valence-corrected chi connectivity index (χ3v) is 5.56. The smallest absolute Gasteiger partial charge is 0.262 e. The molecule has 0 unspecified atom stereocenters. The second kappa shape index (κ2) is 7.19. The predicted molar refractivity (Wildman–Crippen MR) is 101 cm³/mol. The van der Waals surface area contributed by atoms with Gasteiger partial charge in [0.25, 0.3) is 5.56 Å². The molecule has 0 spiro atoms. The molecule has 1 amide bonds. The molecule has 1 aromatic carbocycles. The maximum atomic E-state index is 12.6. The molecule has 3 aromatic rings. The van der Waals surface area contributed by atoms with E-state index in [4.69, 9.17) is 0 Å². The predicted octanol–water partition coefficient (Wildman–Crippen LogP) is 2.99. The van der Waals surface area contributed by atoms with E-state index in [9.17, 15) is 9.59 Å². The fourth-order valence-corrected chi connectivity index (χ4v) is 3.75. The zero-order chi connectivity index (χ0) is 18.0. The van der Waals surface area contributed by atoms with Gasteiger partial charge in [0, 0.05) is 11.4 Å². The lowest BCUT2D eigenvalue weighted by Gasteiger charge is -2.13. The average Bonchev–Trinajstić information content (AvgIpc) is 2.91. The second-order valence-electron chi connectivity index (χ2n) is 6.26. The summed E-state index contributed by atoms with van der Waals surface area (Å²) in [7, 11) is 0. The largest absolute Gasteiger partial charge is 0.354 e. The van der Waals surface area contributed by atoms with Gasteiger partial charge < -0.3 is 5.32 Å². The number of nitrogens with one attached hydrogen (secondary N) is 1. The van der Waals surface area contributed by atoms with Crippen LogP contribution >= 0.6 is 11.3 Å². The van der Waals surface area contributed by atoms with Crippen LogP contribution in [0.15, 0.2) is 41.5 Å². The molecule has 6 heteroatoms. The topological polar surface area (TPSA) is 64.0 Å². The van der Waals surface area contributed by atoms with E-state index < -0.39 is 0 Å². The van der Waals surface area contributed by atoms with Gasteiger partial charge in [-0.05, 0) is 30.9 Å². The van der Waals surface area contributed by atoms with Gasteiger partial charge in [-0.25, -0.2) is 4.98 Å². The molecule has 0 fully saturated rings. The van der Waals surface area contributed by atoms with Crippen molar-refractivity contribution in [1.82, 2.24) is 14.9 Å². The number of fused-ring (bicyclic) bond motifs is 1. The average molecular weight is 355 g/mol. The molecule has 3 rings (SSSR count). The summed E-state index contributed by atoms with van der Waals surface area (Å²) in [6, 6.07) is 10.0. The summed E-state index contributed by atoms with van der Waals surface area (Å²) in [6.45, 7) is 6.47. The van der Waals surface area contributed by atoms with Crippen molar-refractivity contribution < 1.29 is 4.79 Å². The number of benzene rings is 1. The first kappa shape index (κ1) is 17.4. The summed E-state index contributed by atoms with van der Waals surface area (Å²) in [5, 5.41) is 3.52. The van der Waals surface area contributed by atoms with Crippen LogP contribution in [0.1, 0.15) is 28.8 Å². The fraction of sp³-hybridized carbons (Fsp3) is 0.316. The Morgan fingerprint density at radius 1 is 1.28 bits per heavy atom. The highest BCUT2D eigenvalue weighted by Gasteiger charge is 2.14. The fourth-order valence-electron chi connectivity index (χ4n) is 2.76. The monoisotopic (exact) mass is 355 g/mol. The Morgan fingerprint density at radius 2 is 2.00 bits per heavy atom. The van der Waals surface area contributed by atoms with Crippen LogP contribution in [-0.4, -0.2) is 22.0 Å². The van der Waals surface area contributed by atoms with Crippen LogP contribution < -0.4 is 10.9 Å². The molecule has 25 heavy (non-hydrogen) atoms. The van der Waals surface area contributed by atoms with E-state index in [2.05, 4.69) is 17.2 Å². The molecule has 2 aromatic heterocycles. The quantitative estimate of drug-likeness (QED) is 0.765. The van der Waals surface area contributed by atoms with Gasteiger partial charge >= 0.3 is 0 Å².